The van der Waals surface area contributed by atoms with E-state index in [1.807, 2.05) is 58.5 Å². The number of pyridine rings is 1. The Morgan fingerprint density at radius 3 is 2.63 bits per heavy atom. The van der Waals surface area contributed by atoms with Crippen LogP contribution in [-0.4, -0.2) is 52.3 Å². The fraction of sp³-hybridized carbons (Fsp3) is 0.409. The third-order valence-electron chi connectivity index (χ3n) is 5.69. The first-order valence-electron chi connectivity index (χ1n) is 9.73. The van der Waals surface area contributed by atoms with Crippen molar-refractivity contribution < 1.29 is 9.59 Å². The second-order valence-corrected chi connectivity index (χ2v) is 7.58. The fourth-order valence-corrected chi connectivity index (χ4v) is 4.26. The van der Waals surface area contributed by atoms with Crippen LogP contribution in [0.2, 0.25) is 0 Å². The molecule has 2 aromatic rings. The molecule has 0 N–H and O–H groups in total. The van der Waals surface area contributed by atoms with Gasteiger partial charge in [0.25, 0.3) is 5.91 Å². The van der Waals surface area contributed by atoms with Gasteiger partial charge in [-0.2, -0.15) is 0 Å². The zero-order valence-electron chi connectivity index (χ0n) is 15.5. The molecule has 2 atom stereocenters. The number of carbonyl (C=O) groups excluding carboxylic acids is 2. The number of carbonyl (C=O) groups is 2. The van der Waals surface area contributed by atoms with Crippen molar-refractivity contribution in [2.24, 2.45) is 5.92 Å². The molecular formula is C22H25N3O2. The normalized spacial score (nSPS) is 21.8. The van der Waals surface area contributed by atoms with Gasteiger partial charge in [-0.25, -0.2) is 0 Å². The Balaban J connectivity index is 1.42. The number of hydrogen-bond acceptors (Lipinski definition) is 3. The van der Waals surface area contributed by atoms with Gasteiger partial charge < -0.3 is 9.80 Å². The fourth-order valence-electron chi connectivity index (χ4n) is 4.26. The summed E-state index contributed by atoms with van der Waals surface area (Å²) in [5.41, 5.74) is 1.82. The zero-order chi connectivity index (χ0) is 18.6. The molecule has 0 saturated carbocycles. The van der Waals surface area contributed by atoms with Gasteiger partial charge in [-0.1, -0.05) is 24.3 Å². The van der Waals surface area contributed by atoms with Crippen LogP contribution in [0.15, 0.2) is 54.9 Å². The lowest BCUT2D eigenvalue weighted by molar-refractivity contribution is -0.135. The van der Waals surface area contributed by atoms with E-state index in [0.717, 1.165) is 37.1 Å². The number of rotatable bonds is 4. The maximum atomic E-state index is 12.9. The summed E-state index contributed by atoms with van der Waals surface area (Å²) in [7, 11) is 0. The van der Waals surface area contributed by atoms with Crippen molar-refractivity contribution in [1.29, 1.82) is 0 Å². The molecule has 0 spiro atoms. The van der Waals surface area contributed by atoms with Crippen LogP contribution in [0.25, 0.3) is 0 Å². The van der Waals surface area contributed by atoms with E-state index >= 15 is 0 Å². The molecule has 3 saturated heterocycles. The number of hydrogen-bond donors (Lipinski definition) is 0. The van der Waals surface area contributed by atoms with Crippen molar-refractivity contribution in [2.75, 3.05) is 19.6 Å². The number of benzene rings is 1. The molecule has 4 heterocycles. The van der Waals surface area contributed by atoms with Crippen molar-refractivity contribution in [3.05, 3.63) is 66.0 Å². The van der Waals surface area contributed by atoms with Crippen molar-refractivity contribution >= 4 is 11.8 Å². The topological polar surface area (TPSA) is 53.5 Å². The highest BCUT2D eigenvalue weighted by Gasteiger charge is 2.38. The van der Waals surface area contributed by atoms with E-state index in [9.17, 15) is 9.59 Å². The molecule has 0 aliphatic carbocycles. The van der Waals surface area contributed by atoms with Crippen LogP contribution < -0.4 is 0 Å². The summed E-state index contributed by atoms with van der Waals surface area (Å²) in [4.78, 5) is 33.8. The predicted molar refractivity (Wildman–Crippen MR) is 103 cm³/mol. The lowest BCUT2D eigenvalue weighted by Gasteiger charge is -2.36. The summed E-state index contributed by atoms with van der Waals surface area (Å²) in [6, 6.07) is 13.5. The molecule has 0 radical (unpaired) electrons. The van der Waals surface area contributed by atoms with E-state index in [0.29, 0.717) is 25.3 Å². The highest BCUT2D eigenvalue weighted by Crippen LogP contribution is 2.29. The van der Waals surface area contributed by atoms with Gasteiger partial charge in [-0.3, -0.25) is 14.6 Å². The Bertz CT molecular complexity index is 794. The van der Waals surface area contributed by atoms with E-state index < -0.39 is 0 Å². The van der Waals surface area contributed by atoms with E-state index in [1.165, 1.54) is 0 Å². The quantitative estimate of drug-likeness (QED) is 0.839. The van der Waals surface area contributed by atoms with Gasteiger partial charge in [-0.15, -0.1) is 0 Å². The number of amides is 2. The third-order valence-corrected chi connectivity index (χ3v) is 5.69. The second-order valence-electron chi connectivity index (χ2n) is 7.58. The van der Waals surface area contributed by atoms with Crippen molar-refractivity contribution in [3.8, 4) is 0 Å². The Kier molecular flexibility index (Phi) is 5.19. The largest absolute Gasteiger partial charge is 0.338 e. The minimum absolute atomic E-state index is 0.0807. The molecule has 5 nitrogen and oxygen atoms in total. The van der Waals surface area contributed by atoms with Crippen LogP contribution in [-0.2, 0) is 11.2 Å². The van der Waals surface area contributed by atoms with Gasteiger partial charge in [0.1, 0.15) is 0 Å². The third kappa shape index (κ3) is 4.02. The Labute approximate surface area is 160 Å². The molecule has 1 aromatic heterocycles. The Hall–Kier alpha value is -2.69. The Morgan fingerprint density at radius 1 is 1.00 bits per heavy atom. The van der Waals surface area contributed by atoms with Gasteiger partial charge >= 0.3 is 0 Å². The summed E-state index contributed by atoms with van der Waals surface area (Å²) in [6.07, 6.45) is 6.87. The van der Waals surface area contributed by atoms with Crippen LogP contribution in [0.3, 0.4) is 0 Å². The van der Waals surface area contributed by atoms with Crippen LogP contribution in [0.5, 0.6) is 0 Å². The molecule has 3 aliphatic heterocycles. The molecule has 140 valence electrons. The van der Waals surface area contributed by atoms with Crippen LogP contribution >= 0.6 is 0 Å². The first kappa shape index (κ1) is 17.7. The molecule has 3 aliphatic rings. The van der Waals surface area contributed by atoms with Gasteiger partial charge in [0.05, 0.1) is 0 Å². The molecule has 2 bridgehead atoms. The maximum Gasteiger partial charge on any atom is 0.253 e. The van der Waals surface area contributed by atoms with Gasteiger partial charge in [-0.05, 0) is 48.9 Å². The van der Waals surface area contributed by atoms with E-state index in [1.54, 1.807) is 6.20 Å². The van der Waals surface area contributed by atoms with Crippen LogP contribution in [0.1, 0.15) is 35.2 Å². The molecule has 1 aromatic carbocycles. The maximum absolute atomic E-state index is 12.9. The van der Waals surface area contributed by atoms with Crippen LogP contribution in [0, 0.1) is 5.92 Å². The van der Waals surface area contributed by atoms with Gasteiger partial charge in [0, 0.05) is 50.1 Å². The molecule has 5 heteroatoms. The number of aryl methyl sites for hydroxylation is 1. The lowest BCUT2D eigenvalue weighted by Crippen LogP contribution is -2.47. The Morgan fingerprint density at radius 2 is 1.85 bits per heavy atom. The monoisotopic (exact) mass is 363 g/mol. The minimum atomic E-state index is 0.0807. The summed E-state index contributed by atoms with van der Waals surface area (Å²) >= 11 is 0. The molecular weight excluding hydrogens is 338 g/mol. The predicted octanol–water partition coefficient (Wildman–Crippen LogP) is 2.78. The standard InChI is InChI=1S/C22H25N3O2/c26-21(11-9-17-5-4-12-23-13-17)25-15-18-8-10-20(25)16-24(14-18)22(27)19-6-2-1-3-7-19/h1-7,12-13,18,20H,8-11,14-16H2/t18-,20+/m0/s1. The molecule has 0 unspecified atom stereocenters. The van der Waals surface area contributed by atoms with Gasteiger partial charge in [0.2, 0.25) is 5.91 Å². The summed E-state index contributed by atoms with van der Waals surface area (Å²) in [5, 5.41) is 0. The summed E-state index contributed by atoms with van der Waals surface area (Å²) in [5.74, 6) is 0.651. The second kappa shape index (κ2) is 7.91. The number of fused-ring (bicyclic) bond motifs is 4. The molecule has 27 heavy (non-hydrogen) atoms. The van der Waals surface area contributed by atoms with Gasteiger partial charge in [0.15, 0.2) is 0 Å². The smallest absolute Gasteiger partial charge is 0.253 e. The summed E-state index contributed by atoms with van der Waals surface area (Å²) < 4.78 is 0. The van der Waals surface area contributed by atoms with E-state index in [4.69, 9.17) is 0 Å². The highest BCUT2D eigenvalue weighted by molar-refractivity contribution is 5.94. The van der Waals surface area contributed by atoms with E-state index in [2.05, 4.69) is 4.98 Å². The first-order chi connectivity index (χ1) is 13.2. The lowest BCUT2D eigenvalue weighted by atomic mass is 9.94. The van der Waals surface area contributed by atoms with Crippen molar-refractivity contribution in [2.45, 2.75) is 31.7 Å². The highest BCUT2D eigenvalue weighted by atomic mass is 16.2. The number of nitrogens with zero attached hydrogens (tertiary/aromatic N) is 3. The molecule has 3 fully saturated rings. The van der Waals surface area contributed by atoms with E-state index in [-0.39, 0.29) is 17.9 Å². The average Bonchev–Trinajstić information content (AvgIpc) is 3.05. The van der Waals surface area contributed by atoms with Crippen molar-refractivity contribution in [1.82, 2.24) is 14.8 Å². The average molecular weight is 363 g/mol. The van der Waals surface area contributed by atoms with Crippen LogP contribution in [0.4, 0.5) is 0 Å². The summed E-state index contributed by atoms with van der Waals surface area (Å²) in [6.45, 7) is 2.16. The number of piperidine rings is 1. The number of aromatic nitrogens is 1. The van der Waals surface area contributed by atoms with Crippen molar-refractivity contribution in [3.63, 3.8) is 0 Å². The zero-order valence-corrected chi connectivity index (χ0v) is 15.5. The molecule has 5 rings (SSSR count). The minimum Gasteiger partial charge on any atom is -0.338 e. The molecule has 2 amide bonds. The first-order valence-corrected chi connectivity index (χ1v) is 9.73. The SMILES string of the molecule is O=C(c1ccccc1)N1C[C@@H]2CC[C@H](C1)N(C(=O)CCc1cccnc1)C2.